The lowest BCUT2D eigenvalue weighted by Crippen LogP contribution is -2.21. The molecule has 0 aliphatic heterocycles. The summed E-state index contributed by atoms with van der Waals surface area (Å²) in [5.41, 5.74) is 1.68. The molecule has 8 heteroatoms. The van der Waals surface area contributed by atoms with E-state index < -0.39 is 9.84 Å². The van der Waals surface area contributed by atoms with Crippen LogP contribution < -0.4 is 5.32 Å². The maximum absolute atomic E-state index is 13.2. The van der Waals surface area contributed by atoms with Gasteiger partial charge in [-0.2, -0.15) is 0 Å². The van der Waals surface area contributed by atoms with Gasteiger partial charge in [-0.25, -0.2) is 8.42 Å². The van der Waals surface area contributed by atoms with Crippen molar-refractivity contribution >= 4 is 48.1 Å². The van der Waals surface area contributed by atoms with Crippen LogP contribution in [0.1, 0.15) is 15.2 Å². The zero-order chi connectivity index (χ0) is 22.3. The molecule has 3 heterocycles. The van der Waals surface area contributed by atoms with Crippen molar-refractivity contribution in [1.29, 1.82) is 0 Å². The molecule has 1 N–H and O–H groups in total. The summed E-state index contributed by atoms with van der Waals surface area (Å²) in [6.07, 6.45) is 3.44. The number of pyridine rings is 1. The van der Waals surface area contributed by atoms with Crippen molar-refractivity contribution in [3.05, 3.63) is 89.6 Å². The smallest absolute Gasteiger partial charge is 0.261 e. The first kappa shape index (κ1) is 20.4. The van der Waals surface area contributed by atoms with Crippen molar-refractivity contribution in [2.75, 3.05) is 0 Å². The number of rotatable bonds is 5. The van der Waals surface area contributed by atoms with Crippen molar-refractivity contribution in [2.24, 2.45) is 7.05 Å². The molecule has 0 saturated heterocycles. The van der Waals surface area contributed by atoms with Crippen LogP contribution in [0, 0.1) is 0 Å². The first-order valence-electron chi connectivity index (χ1n) is 9.94. The second-order valence-corrected chi connectivity index (χ2v) is 10.4. The predicted octanol–water partition coefficient (Wildman–Crippen LogP) is 4.55. The van der Waals surface area contributed by atoms with Gasteiger partial charge in [-0.15, -0.1) is 11.3 Å². The number of para-hydroxylation sites is 1. The fourth-order valence-corrected chi connectivity index (χ4v) is 6.12. The first-order chi connectivity index (χ1) is 15.4. The van der Waals surface area contributed by atoms with E-state index in [4.69, 9.17) is 0 Å². The number of hydrogen-bond acceptors (Lipinski definition) is 5. The zero-order valence-corrected chi connectivity index (χ0v) is 18.8. The Morgan fingerprint density at radius 3 is 2.56 bits per heavy atom. The van der Waals surface area contributed by atoms with Crippen LogP contribution in [0.4, 0.5) is 0 Å². The van der Waals surface area contributed by atoms with Gasteiger partial charge >= 0.3 is 0 Å². The minimum atomic E-state index is -3.67. The number of carbonyl (C=O) groups excluding carboxylic acids is 1. The van der Waals surface area contributed by atoms with Gasteiger partial charge < -0.3 is 9.88 Å². The zero-order valence-electron chi connectivity index (χ0n) is 17.1. The third-order valence-corrected chi connectivity index (χ3v) is 8.34. The summed E-state index contributed by atoms with van der Waals surface area (Å²) in [7, 11) is -1.91. The molecule has 0 unspecified atom stereocenters. The van der Waals surface area contributed by atoms with Crippen LogP contribution in [0.15, 0.2) is 89.0 Å². The molecule has 5 aromatic rings. The van der Waals surface area contributed by atoms with E-state index >= 15 is 0 Å². The number of aromatic nitrogens is 2. The topological polar surface area (TPSA) is 81.1 Å². The van der Waals surface area contributed by atoms with Crippen molar-refractivity contribution in [1.82, 2.24) is 14.9 Å². The van der Waals surface area contributed by atoms with Gasteiger partial charge in [-0.1, -0.05) is 30.3 Å². The highest BCUT2D eigenvalue weighted by Gasteiger charge is 2.22. The number of thiophene rings is 1. The summed E-state index contributed by atoms with van der Waals surface area (Å²) in [5, 5.41) is 5.00. The summed E-state index contributed by atoms with van der Waals surface area (Å²) in [6, 6.07) is 19.6. The van der Waals surface area contributed by atoms with Crippen LogP contribution in [0.5, 0.6) is 0 Å². The van der Waals surface area contributed by atoms with E-state index in [9.17, 15) is 13.2 Å². The highest BCUT2D eigenvalue weighted by Crippen LogP contribution is 2.27. The maximum Gasteiger partial charge on any atom is 0.261 e. The monoisotopic (exact) mass is 461 g/mol. The first-order valence-corrected chi connectivity index (χ1v) is 12.2. The Morgan fingerprint density at radius 1 is 1.03 bits per heavy atom. The molecule has 0 aliphatic rings. The summed E-state index contributed by atoms with van der Waals surface area (Å²) in [6.45, 7) is 0.305. The lowest BCUT2D eigenvalue weighted by atomic mass is 10.2. The molecule has 32 heavy (non-hydrogen) atoms. The van der Waals surface area contributed by atoms with E-state index in [-0.39, 0.29) is 15.8 Å². The summed E-state index contributed by atoms with van der Waals surface area (Å²) >= 11 is 1.39. The number of nitrogens with zero attached hydrogens (tertiary/aromatic N) is 2. The fraction of sp³-hybridized carbons (Fsp3) is 0.0833. The highest BCUT2D eigenvalue weighted by molar-refractivity contribution is 7.91. The average Bonchev–Trinajstić information content (AvgIpc) is 3.40. The van der Waals surface area contributed by atoms with Crippen LogP contribution in [-0.4, -0.2) is 23.9 Å². The molecule has 0 spiro atoms. The number of fused-ring (bicyclic) bond motifs is 2. The number of sulfone groups is 1. The van der Waals surface area contributed by atoms with Gasteiger partial charge in [0.1, 0.15) is 5.03 Å². The number of aryl methyl sites for hydroxylation is 1. The summed E-state index contributed by atoms with van der Waals surface area (Å²) in [5.74, 6) is -0.168. The molecule has 6 nitrogen and oxygen atoms in total. The largest absolute Gasteiger partial charge is 0.347 e. The van der Waals surface area contributed by atoms with Gasteiger partial charge in [0.25, 0.3) is 5.91 Å². The van der Waals surface area contributed by atoms with Crippen LogP contribution >= 0.6 is 11.3 Å². The quantitative estimate of drug-likeness (QED) is 0.416. The number of nitrogens with one attached hydrogen (secondary N) is 1. The van der Waals surface area contributed by atoms with E-state index in [1.54, 1.807) is 54.3 Å². The summed E-state index contributed by atoms with van der Waals surface area (Å²) in [4.78, 5) is 17.4. The maximum atomic E-state index is 13.2. The van der Waals surface area contributed by atoms with Gasteiger partial charge in [0.05, 0.1) is 14.5 Å². The van der Waals surface area contributed by atoms with Gasteiger partial charge in [0, 0.05) is 36.9 Å². The van der Waals surface area contributed by atoms with E-state index in [1.807, 2.05) is 36.4 Å². The average molecular weight is 462 g/mol. The van der Waals surface area contributed by atoms with E-state index in [0.717, 1.165) is 26.6 Å². The Kier molecular flexibility index (Phi) is 5.03. The molecule has 160 valence electrons. The molecule has 1 amide bonds. The minimum Gasteiger partial charge on any atom is -0.347 e. The number of hydrogen-bond donors (Lipinski definition) is 1. The van der Waals surface area contributed by atoms with Crippen molar-refractivity contribution < 1.29 is 13.2 Å². The van der Waals surface area contributed by atoms with Gasteiger partial charge in [-0.05, 0) is 47.3 Å². The van der Waals surface area contributed by atoms with E-state index in [2.05, 4.69) is 10.3 Å². The lowest BCUT2D eigenvalue weighted by molar-refractivity contribution is 0.0955. The molecular weight excluding hydrogens is 442 g/mol. The number of carbonyl (C=O) groups is 1. The number of amides is 1. The van der Waals surface area contributed by atoms with Crippen molar-refractivity contribution in [3.8, 4) is 0 Å². The van der Waals surface area contributed by atoms with Gasteiger partial charge in [-0.3, -0.25) is 9.78 Å². The predicted molar refractivity (Wildman–Crippen MR) is 126 cm³/mol. The third-order valence-electron chi connectivity index (χ3n) is 5.42. The van der Waals surface area contributed by atoms with Gasteiger partial charge in [0.2, 0.25) is 9.84 Å². The van der Waals surface area contributed by atoms with Crippen molar-refractivity contribution in [3.63, 3.8) is 0 Å². The fourth-order valence-electron chi connectivity index (χ4n) is 3.69. The highest BCUT2D eigenvalue weighted by atomic mass is 32.2. The Balaban J connectivity index is 1.33. The Bertz CT molecular complexity index is 1530. The van der Waals surface area contributed by atoms with Gasteiger partial charge in [0.15, 0.2) is 0 Å². The second-order valence-electron chi connectivity index (χ2n) is 7.45. The molecule has 3 aromatic heterocycles. The van der Waals surface area contributed by atoms with E-state index in [1.165, 1.54) is 11.3 Å². The summed E-state index contributed by atoms with van der Waals surface area (Å²) < 4.78 is 29.0. The Hall–Kier alpha value is -3.49. The molecule has 0 atom stereocenters. The molecule has 0 aliphatic carbocycles. The molecule has 0 saturated carbocycles. The van der Waals surface area contributed by atoms with Crippen LogP contribution in [-0.2, 0) is 23.4 Å². The lowest BCUT2D eigenvalue weighted by Gasteiger charge is -2.08. The minimum absolute atomic E-state index is 0.168. The Labute approximate surface area is 189 Å². The van der Waals surface area contributed by atoms with E-state index in [0.29, 0.717) is 11.4 Å². The van der Waals surface area contributed by atoms with Crippen molar-refractivity contribution in [2.45, 2.75) is 16.5 Å². The second kappa shape index (κ2) is 7.89. The van der Waals surface area contributed by atoms with Crippen LogP contribution in [0.25, 0.3) is 21.0 Å². The van der Waals surface area contributed by atoms with Crippen LogP contribution in [0.2, 0.25) is 0 Å². The molecule has 0 bridgehead atoms. The number of benzene rings is 2. The normalized spacial score (nSPS) is 11.8. The van der Waals surface area contributed by atoms with Crippen LogP contribution in [0.3, 0.4) is 0 Å². The molecule has 0 fully saturated rings. The molecule has 2 aromatic carbocycles. The standard InChI is InChI=1S/C24H19N3O3S2/c1-27-20-5-3-2-4-17(20)13-23(27)32(29,30)19-8-6-16(7-9-19)14-26-24(28)21-12-18-10-11-25-15-22(18)31-21/h2-13,15H,14H2,1H3,(H,26,28). The molecule has 0 radical (unpaired) electrons. The molecule has 5 rings (SSSR count). The SMILES string of the molecule is Cn1c(S(=O)(=O)c2ccc(CNC(=O)c3cc4ccncc4s3)cc2)cc2ccccc21. The third kappa shape index (κ3) is 3.57. The Morgan fingerprint density at radius 2 is 1.81 bits per heavy atom. The molecular formula is C24H19N3O3S2.